The molecule has 0 bridgehead atoms. The fraction of sp³-hybridized carbons (Fsp3) is 0.412. The van der Waals surface area contributed by atoms with Gasteiger partial charge in [-0.25, -0.2) is 8.42 Å². The van der Waals surface area contributed by atoms with Gasteiger partial charge in [0.25, 0.3) is 10.0 Å². The van der Waals surface area contributed by atoms with Crippen LogP contribution in [0.25, 0.3) is 0 Å². The highest BCUT2D eigenvalue weighted by molar-refractivity contribution is 7.92. The average molecular weight is 622 g/mol. The van der Waals surface area contributed by atoms with Gasteiger partial charge < -0.3 is 19.7 Å². The summed E-state index contributed by atoms with van der Waals surface area (Å²) in [7, 11) is -1.16. The van der Waals surface area contributed by atoms with Gasteiger partial charge in [-0.05, 0) is 73.7 Å². The average Bonchev–Trinajstić information content (AvgIpc) is 3.04. The molecule has 44 heavy (non-hydrogen) atoms. The number of rotatable bonds is 13. The molecule has 1 fully saturated rings. The Balaban J connectivity index is 1.74. The molecule has 0 aliphatic heterocycles. The number of hydrogen-bond acceptors (Lipinski definition) is 6. The van der Waals surface area contributed by atoms with E-state index in [4.69, 9.17) is 9.47 Å². The maximum absolute atomic E-state index is 14.4. The third-order valence-electron chi connectivity index (χ3n) is 8.06. The molecule has 0 radical (unpaired) electrons. The van der Waals surface area contributed by atoms with Gasteiger partial charge in [0.05, 0.1) is 24.8 Å². The van der Waals surface area contributed by atoms with Gasteiger partial charge in [0.15, 0.2) is 0 Å². The van der Waals surface area contributed by atoms with Crippen molar-refractivity contribution in [1.29, 1.82) is 0 Å². The molecule has 0 saturated heterocycles. The summed E-state index contributed by atoms with van der Waals surface area (Å²) in [5.74, 6) is 0.244. The van der Waals surface area contributed by atoms with E-state index in [2.05, 4.69) is 5.32 Å². The van der Waals surface area contributed by atoms with E-state index in [0.717, 1.165) is 47.5 Å². The van der Waals surface area contributed by atoms with Gasteiger partial charge in [-0.3, -0.25) is 13.9 Å². The van der Waals surface area contributed by atoms with Crippen LogP contribution < -0.4 is 19.1 Å². The van der Waals surface area contributed by atoms with Gasteiger partial charge in [-0.2, -0.15) is 0 Å². The van der Waals surface area contributed by atoms with E-state index >= 15 is 0 Å². The highest BCUT2D eigenvalue weighted by Gasteiger charge is 2.35. The summed E-state index contributed by atoms with van der Waals surface area (Å²) >= 11 is 0. The number of carbonyl (C=O) groups excluding carboxylic acids is 2. The lowest BCUT2D eigenvalue weighted by molar-refractivity contribution is -0.140. The van der Waals surface area contributed by atoms with E-state index in [1.165, 1.54) is 24.1 Å². The van der Waals surface area contributed by atoms with E-state index < -0.39 is 28.5 Å². The molecule has 1 aliphatic rings. The Morgan fingerprint density at radius 1 is 0.932 bits per heavy atom. The molecule has 3 aromatic rings. The van der Waals surface area contributed by atoms with Gasteiger partial charge in [0.2, 0.25) is 11.8 Å². The van der Waals surface area contributed by atoms with Crippen molar-refractivity contribution in [3.8, 4) is 11.5 Å². The van der Waals surface area contributed by atoms with E-state index in [9.17, 15) is 18.0 Å². The number of anilines is 1. The molecule has 2 amide bonds. The number of amides is 2. The van der Waals surface area contributed by atoms with Crippen molar-refractivity contribution in [3.63, 3.8) is 0 Å². The first kappa shape index (κ1) is 32.9. The first-order valence-corrected chi connectivity index (χ1v) is 16.6. The molecular weight excluding hydrogens is 578 g/mol. The Labute approximate surface area is 261 Å². The van der Waals surface area contributed by atoms with Crippen molar-refractivity contribution < 1.29 is 27.5 Å². The Bertz CT molecular complexity index is 1510. The molecule has 4 rings (SSSR count). The number of hydrogen-bond donors (Lipinski definition) is 1. The van der Waals surface area contributed by atoms with Gasteiger partial charge in [-0.15, -0.1) is 0 Å². The molecule has 1 atom stereocenters. The SMILES string of the molecule is CCC(C(=O)NC1CCCCC1)N(Cc1ccc(OC)cc1)C(=O)CN(c1cc(C)ccc1OC)S(=O)(=O)c1ccccc1. The van der Waals surface area contributed by atoms with Crippen molar-refractivity contribution >= 4 is 27.5 Å². The molecule has 9 nitrogen and oxygen atoms in total. The molecule has 0 spiro atoms. The summed E-state index contributed by atoms with van der Waals surface area (Å²) in [6, 6.07) is 19.7. The lowest BCUT2D eigenvalue weighted by atomic mass is 9.95. The Morgan fingerprint density at radius 3 is 2.23 bits per heavy atom. The summed E-state index contributed by atoms with van der Waals surface area (Å²) in [6.07, 6.45) is 5.44. The molecule has 3 aromatic carbocycles. The standard InChI is InChI=1S/C34H43N3O6S/c1-5-30(34(39)35-27-12-8-6-9-13-27)36(23-26-17-19-28(42-3)20-18-26)33(38)24-37(31-22-25(2)16-21-32(31)43-4)44(40,41)29-14-10-7-11-15-29/h7,10-11,14-22,27,30H,5-6,8-9,12-13,23-24H2,1-4H3,(H,35,39). The van der Waals surface area contributed by atoms with Crippen LogP contribution >= 0.6 is 0 Å². The first-order valence-electron chi connectivity index (χ1n) is 15.1. The second kappa shape index (κ2) is 15.1. The summed E-state index contributed by atoms with van der Waals surface area (Å²) in [6.45, 7) is 3.29. The van der Waals surface area contributed by atoms with Gasteiger partial charge in [0.1, 0.15) is 24.1 Å². The quantitative estimate of drug-likeness (QED) is 0.272. The van der Waals surface area contributed by atoms with E-state index in [1.54, 1.807) is 49.6 Å². The Kier molecular flexibility index (Phi) is 11.3. The molecule has 1 aliphatic carbocycles. The molecule has 0 heterocycles. The van der Waals surface area contributed by atoms with Crippen LogP contribution in [0.4, 0.5) is 5.69 Å². The van der Waals surface area contributed by atoms with E-state index in [-0.39, 0.29) is 29.1 Å². The molecule has 1 unspecified atom stereocenters. The number of aryl methyl sites for hydroxylation is 1. The zero-order valence-corrected chi connectivity index (χ0v) is 26.8. The summed E-state index contributed by atoms with van der Waals surface area (Å²) in [5.41, 5.74) is 1.83. The van der Waals surface area contributed by atoms with Crippen molar-refractivity contribution in [1.82, 2.24) is 10.2 Å². The van der Waals surface area contributed by atoms with Crippen molar-refractivity contribution in [2.75, 3.05) is 25.1 Å². The van der Waals surface area contributed by atoms with Crippen LogP contribution in [0.3, 0.4) is 0 Å². The summed E-state index contributed by atoms with van der Waals surface area (Å²) in [4.78, 5) is 29.6. The molecular formula is C34H43N3O6S. The normalized spacial score (nSPS) is 14.4. The monoisotopic (exact) mass is 621 g/mol. The molecule has 236 valence electrons. The minimum Gasteiger partial charge on any atom is -0.497 e. The molecule has 0 aromatic heterocycles. The Hall–Kier alpha value is -4.05. The van der Waals surface area contributed by atoms with Crippen LogP contribution in [0.5, 0.6) is 11.5 Å². The maximum atomic E-state index is 14.4. The maximum Gasteiger partial charge on any atom is 0.264 e. The smallest absolute Gasteiger partial charge is 0.264 e. The lowest BCUT2D eigenvalue weighted by Gasteiger charge is -2.34. The number of nitrogens with zero attached hydrogens (tertiary/aromatic N) is 2. The zero-order valence-electron chi connectivity index (χ0n) is 26.0. The van der Waals surface area contributed by atoms with Crippen molar-refractivity contribution in [2.24, 2.45) is 0 Å². The number of carbonyl (C=O) groups is 2. The Morgan fingerprint density at radius 2 is 1.61 bits per heavy atom. The largest absolute Gasteiger partial charge is 0.497 e. The number of nitrogens with one attached hydrogen (secondary N) is 1. The van der Waals surface area contributed by atoms with Crippen molar-refractivity contribution in [3.05, 3.63) is 83.9 Å². The summed E-state index contributed by atoms with van der Waals surface area (Å²) < 4.78 is 40.2. The fourth-order valence-corrected chi connectivity index (χ4v) is 7.06. The predicted molar refractivity (Wildman–Crippen MR) is 171 cm³/mol. The third-order valence-corrected chi connectivity index (χ3v) is 9.84. The lowest BCUT2D eigenvalue weighted by Crippen LogP contribution is -2.54. The first-order chi connectivity index (χ1) is 21.2. The predicted octanol–water partition coefficient (Wildman–Crippen LogP) is 5.46. The van der Waals surface area contributed by atoms with Gasteiger partial charge in [0, 0.05) is 12.6 Å². The summed E-state index contributed by atoms with van der Waals surface area (Å²) in [5, 5.41) is 3.17. The van der Waals surface area contributed by atoms with E-state index in [1.807, 2.05) is 32.0 Å². The molecule has 1 N–H and O–H groups in total. The van der Waals surface area contributed by atoms with E-state index in [0.29, 0.717) is 17.9 Å². The van der Waals surface area contributed by atoms with Crippen LogP contribution in [0.15, 0.2) is 77.7 Å². The number of methoxy groups -OCH3 is 2. The van der Waals surface area contributed by atoms with Crippen LogP contribution in [0.1, 0.15) is 56.6 Å². The van der Waals surface area contributed by atoms with Crippen LogP contribution in [0.2, 0.25) is 0 Å². The molecule has 10 heteroatoms. The minimum atomic E-state index is -4.20. The second-order valence-corrected chi connectivity index (χ2v) is 13.0. The topological polar surface area (TPSA) is 105 Å². The number of benzene rings is 3. The number of sulfonamides is 1. The van der Waals surface area contributed by atoms with Crippen molar-refractivity contribution in [2.45, 2.75) is 75.9 Å². The number of ether oxygens (including phenoxy) is 2. The highest BCUT2D eigenvalue weighted by atomic mass is 32.2. The highest BCUT2D eigenvalue weighted by Crippen LogP contribution is 2.34. The van der Waals surface area contributed by atoms with Crippen LogP contribution in [0, 0.1) is 6.92 Å². The van der Waals surface area contributed by atoms with Gasteiger partial charge >= 0.3 is 0 Å². The van der Waals surface area contributed by atoms with Crippen LogP contribution in [-0.2, 0) is 26.2 Å². The van der Waals surface area contributed by atoms with Gasteiger partial charge in [-0.1, -0.05) is 62.6 Å². The fourth-order valence-electron chi connectivity index (χ4n) is 5.62. The second-order valence-electron chi connectivity index (χ2n) is 11.1. The van der Waals surface area contributed by atoms with Crippen LogP contribution in [-0.4, -0.2) is 58.0 Å². The minimum absolute atomic E-state index is 0.0418. The molecule has 1 saturated carbocycles. The zero-order chi connectivity index (χ0) is 31.7. The third kappa shape index (κ3) is 7.91.